The van der Waals surface area contributed by atoms with Crippen molar-refractivity contribution in [3.8, 4) is 0 Å². The monoisotopic (exact) mass is 426 g/mol. The highest BCUT2D eigenvalue weighted by molar-refractivity contribution is 7.91. The lowest BCUT2D eigenvalue weighted by Crippen LogP contribution is -2.35. The maximum Gasteiger partial charge on any atom is 0.264 e. The van der Waals surface area contributed by atoms with E-state index in [9.17, 15) is 13.2 Å². The largest absolute Gasteiger partial charge is 0.333 e. The van der Waals surface area contributed by atoms with Gasteiger partial charge in [-0.05, 0) is 53.6 Å². The Morgan fingerprint density at radius 3 is 2.62 bits per heavy atom. The van der Waals surface area contributed by atoms with Crippen LogP contribution in [0, 0.1) is 6.92 Å². The van der Waals surface area contributed by atoms with E-state index in [4.69, 9.17) is 0 Å². The summed E-state index contributed by atoms with van der Waals surface area (Å²) in [5.74, 6) is -0.0520. The van der Waals surface area contributed by atoms with Crippen molar-refractivity contribution in [2.24, 2.45) is 0 Å². The molecule has 7 heteroatoms. The standard InChI is InChI=1S/C22H22N2O3S2/c1-16-4-6-17(7-5-16)15-29(26,27)23-20-9-8-18-10-11-24(14-19(18)13-20)22(25)21-3-2-12-28-21/h2-9,12-13,23H,10-11,14-15H2,1H3. The molecule has 2 aromatic carbocycles. The number of nitrogens with one attached hydrogen (secondary N) is 1. The number of aryl methyl sites for hydroxylation is 1. The van der Waals surface area contributed by atoms with Crippen LogP contribution >= 0.6 is 11.3 Å². The van der Waals surface area contributed by atoms with Crippen molar-refractivity contribution in [3.05, 3.63) is 87.1 Å². The molecule has 0 fully saturated rings. The summed E-state index contributed by atoms with van der Waals surface area (Å²) in [5, 5.41) is 1.89. The Bertz CT molecular complexity index is 1120. The molecule has 1 aliphatic heterocycles. The van der Waals surface area contributed by atoms with Crippen LogP contribution in [0.25, 0.3) is 0 Å². The van der Waals surface area contributed by atoms with Crippen LogP contribution in [0.4, 0.5) is 5.69 Å². The number of anilines is 1. The van der Waals surface area contributed by atoms with Crippen molar-refractivity contribution in [3.63, 3.8) is 0 Å². The molecule has 1 N–H and O–H groups in total. The van der Waals surface area contributed by atoms with Gasteiger partial charge in [-0.2, -0.15) is 0 Å². The number of carbonyl (C=O) groups excluding carboxylic acids is 1. The molecule has 29 heavy (non-hydrogen) atoms. The second-order valence-corrected chi connectivity index (χ2v) is 9.95. The van der Waals surface area contributed by atoms with Crippen LogP contribution in [0.2, 0.25) is 0 Å². The fourth-order valence-electron chi connectivity index (χ4n) is 3.47. The Kier molecular flexibility index (Phi) is 5.43. The molecule has 1 aliphatic rings. The predicted octanol–water partition coefficient (Wildman–Crippen LogP) is 4.20. The van der Waals surface area contributed by atoms with Gasteiger partial charge >= 0.3 is 0 Å². The van der Waals surface area contributed by atoms with Crippen molar-refractivity contribution in [1.29, 1.82) is 0 Å². The Labute approximate surface area is 175 Å². The van der Waals surface area contributed by atoms with Crippen LogP contribution in [0.3, 0.4) is 0 Å². The predicted molar refractivity (Wildman–Crippen MR) is 117 cm³/mol. The van der Waals surface area contributed by atoms with Crippen LogP contribution in [0.5, 0.6) is 0 Å². The molecule has 1 aromatic heterocycles. The number of fused-ring (bicyclic) bond motifs is 1. The second-order valence-electron chi connectivity index (χ2n) is 7.28. The molecule has 1 amide bonds. The second kappa shape index (κ2) is 8.00. The molecule has 0 saturated carbocycles. The van der Waals surface area contributed by atoms with Gasteiger partial charge in [0.1, 0.15) is 0 Å². The highest BCUT2D eigenvalue weighted by Gasteiger charge is 2.23. The van der Waals surface area contributed by atoms with Gasteiger partial charge in [0, 0.05) is 18.8 Å². The topological polar surface area (TPSA) is 66.5 Å². The first kappa shape index (κ1) is 19.7. The minimum atomic E-state index is -3.52. The first-order valence-corrected chi connectivity index (χ1v) is 11.9. The van der Waals surface area contributed by atoms with Crippen molar-refractivity contribution in [1.82, 2.24) is 4.90 Å². The van der Waals surface area contributed by atoms with Gasteiger partial charge in [-0.3, -0.25) is 9.52 Å². The number of amides is 1. The van der Waals surface area contributed by atoms with Crippen LogP contribution in [-0.4, -0.2) is 25.8 Å². The summed E-state index contributed by atoms with van der Waals surface area (Å²) in [6.45, 7) is 3.12. The van der Waals surface area contributed by atoms with E-state index >= 15 is 0 Å². The molecule has 0 atom stereocenters. The third-order valence-corrected chi connectivity index (χ3v) is 7.11. The van der Waals surface area contributed by atoms with Crippen LogP contribution in [0.15, 0.2) is 60.0 Å². The van der Waals surface area contributed by atoms with Crippen molar-refractivity contribution in [2.75, 3.05) is 11.3 Å². The lowest BCUT2D eigenvalue weighted by Gasteiger charge is -2.29. The van der Waals surface area contributed by atoms with Crippen LogP contribution < -0.4 is 4.72 Å². The minimum Gasteiger partial charge on any atom is -0.333 e. The van der Waals surface area contributed by atoms with E-state index in [0.717, 1.165) is 33.6 Å². The fourth-order valence-corrected chi connectivity index (χ4v) is 5.35. The summed E-state index contributed by atoms with van der Waals surface area (Å²) in [5.41, 5.74) is 4.50. The van der Waals surface area contributed by atoms with E-state index in [0.29, 0.717) is 18.8 Å². The lowest BCUT2D eigenvalue weighted by atomic mass is 9.99. The highest BCUT2D eigenvalue weighted by Crippen LogP contribution is 2.25. The number of rotatable bonds is 5. The maximum absolute atomic E-state index is 12.6. The first-order valence-electron chi connectivity index (χ1n) is 9.40. The quantitative estimate of drug-likeness (QED) is 0.665. The summed E-state index contributed by atoms with van der Waals surface area (Å²) in [6, 6.07) is 16.8. The number of thiophene rings is 1. The zero-order valence-electron chi connectivity index (χ0n) is 16.1. The molecule has 4 rings (SSSR count). The molecule has 0 radical (unpaired) electrons. The van der Waals surface area contributed by atoms with Gasteiger partial charge < -0.3 is 4.90 Å². The summed E-state index contributed by atoms with van der Waals surface area (Å²) >= 11 is 1.44. The van der Waals surface area contributed by atoms with E-state index in [2.05, 4.69) is 4.72 Å². The van der Waals surface area contributed by atoms with Gasteiger partial charge in [-0.25, -0.2) is 8.42 Å². The zero-order valence-corrected chi connectivity index (χ0v) is 17.7. The van der Waals surface area contributed by atoms with E-state index < -0.39 is 10.0 Å². The molecule has 0 bridgehead atoms. The number of hydrogen-bond acceptors (Lipinski definition) is 4. The molecule has 5 nitrogen and oxygen atoms in total. The first-order chi connectivity index (χ1) is 13.9. The zero-order chi connectivity index (χ0) is 20.4. The maximum atomic E-state index is 12.6. The SMILES string of the molecule is Cc1ccc(CS(=O)(=O)Nc2ccc3c(c2)CN(C(=O)c2cccs2)CC3)cc1. The molecule has 0 saturated heterocycles. The Hall–Kier alpha value is -2.64. The van der Waals surface area contributed by atoms with Gasteiger partial charge in [-0.1, -0.05) is 42.0 Å². The van der Waals surface area contributed by atoms with Crippen LogP contribution in [0.1, 0.15) is 31.9 Å². The molecule has 0 spiro atoms. The molecule has 2 heterocycles. The molecule has 0 unspecified atom stereocenters. The number of benzene rings is 2. The fraction of sp³-hybridized carbons (Fsp3) is 0.227. The van der Waals surface area contributed by atoms with Gasteiger partial charge in [-0.15, -0.1) is 11.3 Å². The number of nitrogens with zero attached hydrogens (tertiary/aromatic N) is 1. The molecular formula is C22H22N2O3S2. The average Bonchev–Trinajstić information content (AvgIpc) is 3.23. The summed E-state index contributed by atoms with van der Waals surface area (Å²) in [7, 11) is -3.52. The van der Waals surface area contributed by atoms with Gasteiger partial charge in [0.25, 0.3) is 5.91 Å². The highest BCUT2D eigenvalue weighted by atomic mass is 32.2. The average molecular weight is 427 g/mol. The summed E-state index contributed by atoms with van der Waals surface area (Å²) in [6.07, 6.45) is 0.767. The summed E-state index contributed by atoms with van der Waals surface area (Å²) in [4.78, 5) is 15.2. The van der Waals surface area contributed by atoms with E-state index in [1.165, 1.54) is 11.3 Å². The molecule has 150 valence electrons. The Morgan fingerprint density at radius 2 is 1.90 bits per heavy atom. The summed E-state index contributed by atoms with van der Waals surface area (Å²) < 4.78 is 27.8. The Balaban J connectivity index is 1.48. The van der Waals surface area contributed by atoms with Gasteiger partial charge in [0.05, 0.1) is 10.6 Å². The molecule has 0 aliphatic carbocycles. The van der Waals surface area contributed by atoms with E-state index in [1.54, 1.807) is 6.07 Å². The van der Waals surface area contributed by atoms with E-state index in [1.807, 2.05) is 65.7 Å². The van der Waals surface area contributed by atoms with Crippen molar-refractivity contribution in [2.45, 2.75) is 25.6 Å². The number of hydrogen-bond donors (Lipinski definition) is 1. The van der Waals surface area contributed by atoms with Gasteiger partial charge in [0.2, 0.25) is 10.0 Å². The number of carbonyl (C=O) groups is 1. The van der Waals surface area contributed by atoms with Crippen LogP contribution in [-0.2, 0) is 28.7 Å². The minimum absolute atomic E-state index is 0.0241. The third kappa shape index (κ3) is 4.68. The normalized spacial score (nSPS) is 13.8. The van der Waals surface area contributed by atoms with E-state index in [-0.39, 0.29) is 11.7 Å². The smallest absolute Gasteiger partial charge is 0.264 e. The number of sulfonamides is 1. The third-order valence-electron chi connectivity index (χ3n) is 4.99. The molecule has 3 aromatic rings. The van der Waals surface area contributed by atoms with Gasteiger partial charge in [0.15, 0.2) is 0 Å². The Morgan fingerprint density at radius 1 is 1.10 bits per heavy atom. The lowest BCUT2D eigenvalue weighted by molar-refractivity contribution is 0.0739. The van der Waals surface area contributed by atoms with Crippen molar-refractivity contribution >= 4 is 33.0 Å². The molecular weight excluding hydrogens is 404 g/mol. The van der Waals surface area contributed by atoms with Crippen molar-refractivity contribution < 1.29 is 13.2 Å².